The van der Waals surface area contributed by atoms with Gasteiger partial charge in [-0.2, -0.15) is 0 Å². The summed E-state index contributed by atoms with van der Waals surface area (Å²) in [4.78, 5) is 16.6. The molecule has 0 bridgehead atoms. The van der Waals surface area contributed by atoms with Gasteiger partial charge in [0.25, 0.3) is 0 Å². The normalized spacial score (nSPS) is 15.5. The molecule has 1 fully saturated rings. The van der Waals surface area contributed by atoms with Crippen molar-refractivity contribution in [3.63, 3.8) is 0 Å². The van der Waals surface area contributed by atoms with E-state index in [-0.39, 0.29) is 12.5 Å². The molecule has 2 aromatic rings. The Morgan fingerprint density at radius 3 is 2.30 bits per heavy atom. The van der Waals surface area contributed by atoms with Crippen molar-refractivity contribution >= 4 is 5.91 Å². The number of methoxy groups -OCH3 is 2. The summed E-state index contributed by atoms with van der Waals surface area (Å²) in [6.07, 6.45) is -0.221. The number of piperazine rings is 1. The Labute approximate surface area is 177 Å². The van der Waals surface area contributed by atoms with Crippen molar-refractivity contribution in [3.8, 4) is 17.2 Å². The van der Waals surface area contributed by atoms with Crippen molar-refractivity contribution in [1.82, 2.24) is 9.80 Å². The number of aliphatic hydroxyl groups excluding tert-OH is 1. The number of benzene rings is 2. The second kappa shape index (κ2) is 10.8. The van der Waals surface area contributed by atoms with Gasteiger partial charge in [0, 0.05) is 32.7 Å². The van der Waals surface area contributed by atoms with Crippen LogP contribution in [-0.2, 0) is 11.2 Å². The second-order valence-electron chi connectivity index (χ2n) is 7.35. The topological polar surface area (TPSA) is 71.5 Å². The number of hydrogen-bond acceptors (Lipinski definition) is 6. The molecule has 1 saturated heterocycles. The van der Waals surface area contributed by atoms with Gasteiger partial charge in [0.05, 0.1) is 20.6 Å². The van der Waals surface area contributed by atoms with Gasteiger partial charge in [0.1, 0.15) is 30.0 Å². The maximum absolute atomic E-state index is 12.6. The molecule has 7 nitrogen and oxygen atoms in total. The van der Waals surface area contributed by atoms with Crippen LogP contribution < -0.4 is 14.2 Å². The average molecular weight is 415 g/mol. The molecular weight excluding hydrogens is 384 g/mol. The number of aliphatic hydroxyl groups is 1. The minimum absolute atomic E-state index is 0.117. The third kappa shape index (κ3) is 6.37. The number of amides is 1. The highest BCUT2D eigenvalue weighted by Crippen LogP contribution is 2.17. The highest BCUT2D eigenvalue weighted by atomic mass is 16.5. The number of carbonyl (C=O) groups is 1. The Balaban J connectivity index is 1.38. The molecule has 162 valence electrons. The van der Waals surface area contributed by atoms with E-state index in [4.69, 9.17) is 14.2 Å². The largest absolute Gasteiger partial charge is 0.497 e. The lowest BCUT2D eigenvalue weighted by atomic mass is 10.1. The van der Waals surface area contributed by atoms with Crippen LogP contribution in [0.15, 0.2) is 48.5 Å². The monoisotopic (exact) mass is 414 g/mol. The smallest absolute Gasteiger partial charge is 0.227 e. The standard InChI is InChI=1S/C23H30N2O5/c1-28-20-6-8-21(9-7-20)30-17-19(26)16-24-10-12-25(13-11-24)23(27)15-18-4-3-5-22(14-18)29-2/h3-9,14,19,26H,10-13,15-17H2,1-2H3. The van der Waals surface area contributed by atoms with Crippen LogP contribution in [0.4, 0.5) is 0 Å². The lowest BCUT2D eigenvalue weighted by Gasteiger charge is -2.35. The van der Waals surface area contributed by atoms with E-state index in [1.807, 2.05) is 53.4 Å². The third-order valence-electron chi connectivity index (χ3n) is 5.19. The zero-order valence-corrected chi connectivity index (χ0v) is 17.6. The Morgan fingerprint density at radius 1 is 0.967 bits per heavy atom. The molecule has 0 saturated carbocycles. The van der Waals surface area contributed by atoms with Crippen molar-refractivity contribution in [1.29, 1.82) is 0 Å². The molecule has 30 heavy (non-hydrogen) atoms. The molecule has 1 N–H and O–H groups in total. The lowest BCUT2D eigenvalue weighted by molar-refractivity contribution is -0.132. The van der Waals surface area contributed by atoms with Gasteiger partial charge in [-0.1, -0.05) is 12.1 Å². The molecule has 1 atom stereocenters. The van der Waals surface area contributed by atoms with Gasteiger partial charge in [-0.15, -0.1) is 0 Å². The first kappa shape index (κ1) is 21.9. The number of β-amino-alcohol motifs (C(OH)–C–C–N with tert-alkyl or cyclic N) is 1. The van der Waals surface area contributed by atoms with Crippen LogP contribution in [0.25, 0.3) is 0 Å². The van der Waals surface area contributed by atoms with Crippen LogP contribution in [0, 0.1) is 0 Å². The van der Waals surface area contributed by atoms with Crippen molar-refractivity contribution in [2.45, 2.75) is 12.5 Å². The molecule has 0 spiro atoms. The van der Waals surface area contributed by atoms with Crippen LogP contribution >= 0.6 is 0 Å². The van der Waals surface area contributed by atoms with Crippen LogP contribution in [-0.4, -0.2) is 80.5 Å². The van der Waals surface area contributed by atoms with Gasteiger partial charge in [0.2, 0.25) is 5.91 Å². The Morgan fingerprint density at radius 2 is 1.63 bits per heavy atom. The fourth-order valence-corrected chi connectivity index (χ4v) is 3.46. The third-order valence-corrected chi connectivity index (χ3v) is 5.19. The molecule has 1 amide bonds. The van der Waals surface area contributed by atoms with Crippen LogP contribution in [0.3, 0.4) is 0 Å². The fourth-order valence-electron chi connectivity index (χ4n) is 3.46. The number of rotatable bonds is 9. The van der Waals surface area contributed by atoms with Gasteiger partial charge >= 0.3 is 0 Å². The number of carbonyl (C=O) groups excluding carboxylic acids is 1. The first-order valence-corrected chi connectivity index (χ1v) is 10.2. The Kier molecular flexibility index (Phi) is 7.93. The molecule has 1 aliphatic rings. The molecule has 1 heterocycles. The zero-order chi connectivity index (χ0) is 21.3. The first-order valence-electron chi connectivity index (χ1n) is 10.2. The Hall–Kier alpha value is -2.77. The fraction of sp³-hybridized carbons (Fsp3) is 0.435. The summed E-state index contributed by atoms with van der Waals surface area (Å²) >= 11 is 0. The average Bonchev–Trinajstić information content (AvgIpc) is 2.78. The van der Waals surface area contributed by atoms with Gasteiger partial charge < -0.3 is 24.2 Å². The van der Waals surface area contributed by atoms with E-state index >= 15 is 0 Å². The molecule has 0 radical (unpaired) electrons. The Bertz CT molecular complexity index is 803. The quantitative estimate of drug-likeness (QED) is 0.675. The van der Waals surface area contributed by atoms with Gasteiger partial charge in [-0.3, -0.25) is 9.69 Å². The van der Waals surface area contributed by atoms with Gasteiger partial charge in [-0.25, -0.2) is 0 Å². The van der Waals surface area contributed by atoms with Crippen LogP contribution in [0.5, 0.6) is 17.2 Å². The molecule has 1 unspecified atom stereocenters. The molecular formula is C23H30N2O5. The van der Waals surface area contributed by atoms with E-state index in [1.54, 1.807) is 14.2 Å². The van der Waals surface area contributed by atoms with Crippen molar-refractivity contribution in [2.75, 3.05) is 53.6 Å². The minimum Gasteiger partial charge on any atom is -0.497 e. The maximum Gasteiger partial charge on any atom is 0.227 e. The molecule has 1 aliphatic heterocycles. The van der Waals surface area contributed by atoms with Crippen molar-refractivity contribution in [3.05, 3.63) is 54.1 Å². The first-order chi connectivity index (χ1) is 14.6. The zero-order valence-electron chi connectivity index (χ0n) is 17.6. The summed E-state index contributed by atoms with van der Waals surface area (Å²) in [5.41, 5.74) is 0.952. The number of hydrogen-bond donors (Lipinski definition) is 1. The predicted molar refractivity (Wildman–Crippen MR) is 114 cm³/mol. The van der Waals surface area contributed by atoms with Crippen LogP contribution in [0.2, 0.25) is 0 Å². The summed E-state index contributed by atoms with van der Waals surface area (Å²) in [6, 6.07) is 14.9. The highest BCUT2D eigenvalue weighted by molar-refractivity contribution is 5.79. The number of ether oxygens (including phenoxy) is 3. The van der Waals surface area contributed by atoms with Crippen LogP contribution in [0.1, 0.15) is 5.56 Å². The second-order valence-corrected chi connectivity index (χ2v) is 7.35. The molecule has 2 aromatic carbocycles. The van der Waals surface area contributed by atoms with E-state index in [1.165, 1.54) is 0 Å². The van der Waals surface area contributed by atoms with Crippen molar-refractivity contribution < 1.29 is 24.1 Å². The van der Waals surface area contributed by atoms with E-state index in [9.17, 15) is 9.90 Å². The highest BCUT2D eigenvalue weighted by Gasteiger charge is 2.23. The summed E-state index contributed by atoms with van der Waals surface area (Å²) in [7, 11) is 3.24. The number of nitrogens with zero attached hydrogens (tertiary/aromatic N) is 2. The molecule has 3 rings (SSSR count). The lowest BCUT2D eigenvalue weighted by Crippen LogP contribution is -2.51. The maximum atomic E-state index is 12.6. The SMILES string of the molecule is COc1ccc(OCC(O)CN2CCN(C(=O)Cc3cccc(OC)c3)CC2)cc1. The van der Waals surface area contributed by atoms with Gasteiger partial charge in [-0.05, 0) is 42.0 Å². The summed E-state index contributed by atoms with van der Waals surface area (Å²) < 4.78 is 16.0. The summed E-state index contributed by atoms with van der Waals surface area (Å²) in [5.74, 6) is 2.34. The van der Waals surface area contributed by atoms with E-state index in [0.29, 0.717) is 31.8 Å². The molecule has 0 aliphatic carbocycles. The van der Waals surface area contributed by atoms with Gasteiger partial charge in [0.15, 0.2) is 0 Å². The summed E-state index contributed by atoms with van der Waals surface area (Å²) in [6.45, 7) is 3.55. The predicted octanol–water partition coefficient (Wildman–Crippen LogP) is 1.83. The van der Waals surface area contributed by atoms with E-state index in [0.717, 1.165) is 30.2 Å². The minimum atomic E-state index is -0.592. The van der Waals surface area contributed by atoms with Crippen molar-refractivity contribution in [2.24, 2.45) is 0 Å². The van der Waals surface area contributed by atoms with E-state index < -0.39 is 6.10 Å². The van der Waals surface area contributed by atoms with E-state index in [2.05, 4.69) is 4.90 Å². The molecule has 0 aromatic heterocycles. The summed E-state index contributed by atoms with van der Waals surface area (Å²) in [5, 5.41) is 10.3. The molecule has 7 heteroatoms.